The van der Waals surface area contributed by atoms with Gasteiger partial charge in [-0.3, -0.25) is 0 Å². The summed E-state index contributed by atoms with van der Waals surface area (Å²) >= 11 is 3.46. The Hall–Kier alpha value is -1.18. The van der Waals surface area contributed by atoms with Gasteiger partial charge in [-0.2, -0.15) is 4.99 Å². The van der Waals surface area contributed by atoms with Crippen LogP contribution < -0.4 is 16.4 Å². The van der Waals surface area contributed by atoms with Crippen molar-refractivity contribution in [1.29, 1.82) is 0 Å². The van der Waals surface area contributed by atoms with Gasteiger partial charge in [-0.25, -0.2) is 4.98 Å². The first-order valence-corrected chi connectivity index (χ1v) is 11.6. The lowest BCUT2D eigenvalue weighted by molar-refractivity contribution is 0.325. The van der Waals surface area contributed by atoms with E-state index in [1.54, 1.807) is 6.20 Å². The van der Waals surface area contributed by atoms with Gasteiger partial charge in [0.2, 0.25) is 0 Å². The fraction of sp³-hybridized carbons (Fsp3) is 0.714. The molecule has 0 aromatic carbocycles. The summed E-state index contributed by atoms with van der Waals surface area (Å²) in [5, 5.41) is 15.7. The highest BCUT2D eigenvalue weighted by atomic mass is 79.9. The highest BCUT2D eigenvalue weighted by Gasteiger charge is 2.30. The number of rotatable bonds is 10. The predicted octanol–water partition coefficient (Wildman–Crippen LogP) is 3.51. The normalized spacial score (nSPS) is 20.8. The summed E-state index contributed by atoms with van der Waals surface area (Å²) in [5.41, 5.74) is 6.79. The number of pyridine rings is 1. The van der Waals surface area contributed by atoms with Crippen molar-refractivity contribution in [3.8, 4) is 0 Å². The second-order valence-electron chi connectivity index (χ2n) is 8.18. The molecule has 2 aliphatic carbocycles. The second-order valence-corrected chi connectivity index (χ2v) is 9.09. The Kier molecular flexibility index (Phi) is 8.11. The smallest absolute Gasteiger partial charge is 0.365 e. The maximum absolute atomic E-state index is 8.39. The van der Waals surface area contributed by atoms with Gasteiger partial charge in [-0.05, 0) is 66.4 Å². The van der Waals surface area contributed by atoms with Crippen molar-refractivity contribution in [3.63, 3.8) is 0 Å². The molecule has 0 spiro atoms. The Morgan fingerprint density at radius 1 is 1.32 bits per heavy atom. The largest absolute Gasteiger partial charge is 0.578 e. The highest BCUT2D eigenvalue weighted by molar-refractivity contribution is 9.10. The molecule has 3 rings (SSSR count). The van der Waals surface area contributed by atoms with Gasteiger partial charge in [-0.15, -0.1) is 0 Å². The molecule has 6 nitrogen and oxygen atoms in total. The van der Waals surface area contributed by atoms with E-state index in [0.717, 1.165) is 36.7 Å². The van der Waals surface area contributed by atoms with E-state index in [-0.39, 0.29) is 12.1 Å². The van der Waals surface area contributed by atoms with E-state index in [9.17, 15) is 0 Å². The minimum atomic E-state index is -0.275. The van der Waals surface area contributed by atoms with Crippen molar-refractivity contribution in [2.24, 2.45) is 16.6 Å². The van der Waals surface area contributed by atoms with Crippen molar-refractivity contribution >= 4 is 27.6 Å². The molecular weight excluding hydrogens is 418 g/mol. The van der Waals surface area contributed by atoms with Crippen LogP contribution in [0.5, 0.6) is 0 Å². The van der Waals surface area contributed by atoms with E-state index in [1.807, 2.05) is 6.07 Å². The van der Waals surface area contributed by atoms with Crippen molar-refractivity contribution in [1.82, 2.24) is 10.3 Å². The summed E-state index contributed by atoms with van der Waals surface area (Å²) in [6.07, 6.45) is 12.6. The van der Waals surface area contributed by atoms with Crippen LogP contribution in [0.3, 0.4) is 0 Å². The van der Waals surface area contributed by atoms with E-state index in [0.29, 0.717) is 29.4 Å². The van der Waals surface area contributed by atoms with Crippen LogP contribution >= 0.6 is 15.9 Å². The Bertz CT molecular complexity index is 658. The lowest BCUT2D eigenvalue weighted by atomic mass is 9.94. The van der Waals surface area contributed by atoms with E-state index >= 15 is 0 Å². The maximum Gasteiger partial charge on any atom is 0.365 e. The highest BCUT2D eigenvalue weighted by Crippen LogP contribution is 2.32. The zero-order chi connectivity index (χ0) is 19.9. The molecule has 2 atom stereocenters. The van der Waals surface area contributed by atoms with Gasteiger partial charge < -0.3 is 21.5 Å². The van der Waals surface area contributed by atoms with Gasteiger partial charge in [-0.1, -0.05) is 26.2 Å². The molecule has 0 radical (unpaired) electrons. The first kappa shape index (κ1) is 21.5. The van der Waals surface area contributed by atoms with E-state index in [1.165, 1.54) is 32.1 Å². The Morgan fingerprint density at radius 2 is 2.07 bits per heavy atom. The molecule has 7 heteroatoms. The number of hydrogen-bond donors (Lipinski definition) is 3. The first-order valence-electron chi connectivity index (χ1n) is 10.8. The van der Waals surface area contributed by atoms with Crippen molar-refractivity contribution in [2.45, 2.75) is 83.0 Å². The van der Waals surface area contributed by atoms with Gasteiger partial charge in [0.1, 0.15) is 17.5 Å². The number of hydrogen-bond acceptors (Lipinski definition) is 5. The zero-order valence-corrected chi connectivity index (χ0v) is 18.5. The van der Waals surface area contributed by atoms with E-state index in [4.69, 9.17) is 10.8 Å². The lowest BCUT2D eigenvalue weighted by Gasteiger charge is -2.28. The van der Waals surface area contributed by atoms with Gasteiger partial charge >= 0.3 is 5.90 Å². The monoisotopic (exact) mass is 452 g/mol. The Labute approximate surface area is 176 Å². The van der Waals surface area contributed by atoms with E-state index in [2.05, 4.69) is 43.5 Å². The molecule has 0 amide bonds. The number of anilines is 1. The van der Waals surface area contributed by atoms with Crippen LogP contribution in [-0.4, -0.2) is 40.8 Å². The van der Waals surface area contributed by atoms with Gasteiger partial charge in [0, 0.05) is 29.3 Å². The first-order chi connectivity index (χ1) is 13.6. The summed E-state index contributed by atoms with van der Waals surface area (Å²) in [4.78, 5) is 8.88. The minimum Gasteiger partial charge on any atom is -0.578 e. The number of halogens is 1. The van der Waals surface area contributed by atoms with Crippen LogP contribution in [0.25, 0.3) is 0 Å². The molecule has 156 valence electrons. The fourth-order valence-electron chi connectivity index (χ4n) is 3.90. The minimum absolute atomic E-state index is 0.211. The molecule has 28 heavy (non-hydrogen) atoms. The molecule has 2 saturated carbocycles. The van der Waals surface area contributed by atoms with Crippen LogP contribution in [0.2, 0.25) is 0 Å². The predicted molar refractivity (Wildman–Crippen MR) is 120 cm³/mol. The third kappa shape index (κ3) is 6.42. The van der Waals surface area contributed by atoms with Gasteiger partial charge in [0.25, 0.3) is 0 Å². The molecule has 0 aliphatic heterocycles. The molecule has 6 N–H and O–H groups in total. The molecule has 1 aromatic heterocycles. The van der Waals surface area contributed by atoms with Crippen LogP contribution in [0, 0.1) is 5.92 Å². The molecule has 1 aromatic rings. The van der Waals surface area contributed by atoms with Crippen LogP contribution in [0.4, 0.5) is 5.82 Å². The number of nitrogens with zero attached hydrogens (tertiary/aromatic N) is 2. The fourth-order valence-corrected chi connectivity index (χ4v) is 4.23. The van der Waals surface area contributed by atoms with Crippen LogP contribution in [0.15, 0.2) is 21.7 Å². The summed E-state index contributed by atoms with van der Waals surface area (Å²) < 4.78 is 0.846. The van der Waals surface area contributed by atoms with Crippen molar-refractivity contribution in [2.75, 3.05) is 11.9 Å². The second kappa shape index (κ2) is 10.6. The third-order valence-corrected chi connectivity index (χ3v) is 6.28. The topological polar surface area (TPSA) is 98.2 Å². The third-order valence-electron chi connectivity index (χ3n) is 5.85. The van der Waals surface area contributed by atoms with Crippen molar-refractivity contribution in [3.05, 3.63) is 22.3 Å². The average molecular weight is 453 g/mol. The Morgan fingerprint density at radius 3 is 2.75 bits per heavy atom. The average Bonchev–Trinajstić information content (AvgIpc) is 3.54. The van der Waals surface area contributed by atoms with Crippen molar-refractivity contribution < 1.29 is 5.11 Å². The molecular formula is C21H35BrN5O+. The Balaban J connectivity index is 1.57. The maximum atomic E-state index is 8.39. The summed E-state index contributed by atoms with van der Waals surface area (Å²) in [7, 11) is 0. The van der Waals surface area contributed by atoms with E-state index < -0.39 is 0 Å². The SMILES string of the molecule is CCC(CCNc1ncc(Br)cc1/C([OH2+])=N/C(N)C1CC1)NC1CCCCC1. The summed E-state index contributed by atoms with van der Waals surface area (Å²) in [6.45, 7) is 3.07. The number of nitrogens with two attached hydrogens (primary N) is 1. The standard InChI is InChI=1S/C21H34BrN5O/c1-2-16(26-17-6-4-3-5-7-17)10-11-24-20-18(12-15(22)13-25-20)21(28)27-19(23)14-8-9-14/h12-14,16-17,19,26H,2-11,23H2,1H3,(H,24,25)(H,27,28)/p+1. The summed E-state index contributed by atoms with van der Waals surface area (Å²) in [6, 6.07) is 3.09. The van der Waals surface area contributed by atoms with Crippen LogP contribution in [-0.2, 0) is 0 Å². The quantitative estimate of drug-likeness (QED) is 0.287. The number of nitrogens with one attached hydrogen (secondary N) is 2. The number of aliphatic imine (C=N–C) groups is 1. The molecule has 0 bridgehead atoms. The van der Waals surface area contributed by atoms with Crippen LogP contribution in [0.1, 0.15) is 70.3 Å². The summed E-state index contributed by atoms with van der Waals surface area (Å²) in [5.74, 6) is 1.36. The molecule has 2 aliphatic rings. The molecule has 1 heterocycles. The zero-order valence-electron chi connectivity index (χ0n) is 16.9. The molecule has 2 unspecified atom stereocenters. The lowest BCUT2D eigenvalue weighted by Crippen LogP contribution is -2.40. The molecule has 2 fully saturated rings. The number of aromatic nitrogens is 1. The van der Waals surface area contributed by atoms with Gasteiger partial charge in [0.05, 0.1) is 0 Å². The molecule has 0 saturated heterocycles. The van der Waals surface area contributed by atoms with Gasteiger partial charge in [0.15, 0.2) is 0 Å².